The van der Waals surface area contributed by atoms with Crippen LogP contribution in [-0.4, -0.2) is 34.1 Å². The van der Waals surface area contributed by atoms with Crippen LogP contribution in [0.15, 0.2) is 42.5 Å². The average Bonchev–Trinajstić information content (AvgIpc) is 2.61. The molecule has 5 heteroatoms. The van der Waals surface area contributed by atoms with Crippen LogP contribution >= 0.6 is 0 Å². The third kappa shape index (κ3) is 3.55. The first kappa shape index (κ1) is 15.8. The molecule has 1 aromatic carbocycles. The molecular weight excluding hydrogens is 310 g/mol. The lowest BCUT2D eigenvalue weighted by molar-refractivity contribution is 0.522. The predicted octanol–water partition coefficient (Wildman–Crippen LogP) is 3.72. The Labute approximate surface area is 148 Å². The number of nitrogens with one attached hydrogen (secondary N) is 1. The van der Waals surface area contributed by atoms with E-state index in [1.807, 2.05) is 26.0 Å². The van der Waals surface area contributed by atoms with Gasteiger partial charge < -0.3 is 10.2 Å². The van der Waals surface area contributed by atoms with Gasteiger partial charge in [-0.15, -0.1) is 0 Å². The highest BCUT2D eigenvalue weighted by Crippen LogP contribution is 2.22. The van der Waals surface area contributed by atoms with Gasteiger partial charge in [0.2, 0.25) is 0 Å². The maximum atomic E-state index is 4.72. The maximum Gasteiger partial charge on any atom is 0.132 e. The molecule has 128 valence electrons. The Balaban J connectivity index is 1.41. The molecule has 5 nitrogen and oxygen atoms in total. The largest absolute Gasteiger partial charge is 0.367 e. The third-order valence-corrected chi connectivity index (χ3v) is 4.72. The van der Waals surface area contributed by atoms with Gasteiger partial charge in [-0.05, 0) is 44.9 Å². The second-order valence-electron chi connectivity index (χ2n) is 6.71. The summed E-state index contributed by atoms with van der Waals surface area (Å²) in [6.07, 6.45) is 2.16. The van der Waals surface area contributed by atoms with E-state index in [0.29, 0.717) is 6.04 Å². The summed E-state index contributed by atoms with van der Waals surface area (Å²) in [7, 11) is 0. The molecule has 3 heterocycles. The van der Waals surface area contributed by atoms with Gasteiger partial charge in [-0.25, -0.2) is 15.0 Å². The van der Waals surface area contributed by atoms with E-state index in [2.05, 4.69) is 50.5 Å². The summed E-state index contributed by atoms with van der Waals surface area (Å²) < 4.78 is 0. The second kappa shape index (κ2) is 6.67. The Kier molecular flexibility index (Phi) is 4.22. The summed E-state index contributed by atoms with van der Waals surface area (Å²) in [5.74, 6) is 2.86. The van der Waals surface area contributed by atoms with Gasteiger partial charge in [-0.2, -0.15) is 0 Å². The molecule has 0 spiro atoms. The lowest BCUT2D eigenvalue weighted by Gasteiger charge is -2.33. The number of fused-ring (bicyclic) bond motifs is 1. The van der Waals surface area contributed by atoms with Gasteiger partial charge in [0.1, 0.15) is 17.5 Å². The van der Waals surface area contributed by atoms with Crippen molar-refractivity contribution in [1.29, 1.82) is 0 Å². The smallest absolute Gasteiger partial charge is 0.132 e. The zero-order chi connectivity index (χ0) is 17.2. The fourth-order valence-electron chi connectivity index (χ4n) is 3.47. The van der Waals surface area contributed by atoms with Gasteiger partial charge in [0.25, 0.3) is 0 Å². The van der Waals surface area contributed by atoms with Crippen molar-refractivity contribution < 1.29 is 0 Å². The predicted molar refractivity (Wildman–Crippen MR) is 102 cm³/mol. The number of piperidine rings is 1. The van der Waals surface area contributed by atoms with Crippen LogP contribution in [0.3, 0.4) is 0 Å². The van der Waals surface area contributed by atoms with Crippen LogP contribution in [-0.2, 0) is 0 Å². The van der Waals surface area contributed by atoms with E-state index in [0.717, 1.165) is 54.6 Å². The van der Waals surface area contributed by atoms with Gasteiger partial charge in [-0.3, -0.25) is 0 Å². The fourth-order valence-corrected chi connectivity index (χ4v) is 3.47. The summed E-state index contributed by atoms with van der Waals surface area (Å²) in [4.78, 5) is 16.0. The highest BCUT2D eigenvalue weighted by Gasteiger charge is 2.20. The normalized spacial score (nSPS) is 15.5. The van der Waals surface area contributed by atoms with Gasteiger partial charge in [-0.1, -0.05) is 18.2 Å². The first-order valence-electron chi connectivity index (χ1n) is 8.87. The molecule has 1 N–H and O–H groups in total. The van der Waals surface area contributed by atoms with Gasteiger partial charge in [0.15, 0.2) is 0 Å². The van der Waals surface area contributed by atoms with E-state index >= 15 is 0 Å². The van der Waals surface area contributed by atoms with E-state index in [9.17, 15) is 0 Å². The molecule has 1 fully saturated rings. The minimum Gasteiger partial charge on any atom is -0.367 e. The minimum absolute atomic E-state index is 0.453. The zero-order valence-corrected chi connectivity index (χ0v) is 14.7. The molecule has 0 radical (unpaired) electrons. The highest BCUT2D eigenvalue weighted by atomic mass is 15.2. The topological polar surface area (TPSA) is 53.9 Å². The number of aryl methyl sites for hydroxylation is 2. The van der Waals surface area contributed by atoms with Crippen molar-refractivity contribution in [2.24, 2.45) is 0 Å². The molecule has 1 aliphatic rings. The quantitative estimate of drug-likeness (QED) is 0.791. The first-order chi connectivity index (χ1) is 12.2. The van der Waals surface area contributed by atoms with Crippen LogP contribution in [0.5, 0.6) is 0 Å². The number of hydrogen-bond donors (Lipinski definition) is 1. The molecule has 0 amide bonds. The lowest BCUT2D eigenvalue weighted by Crippen LogP contribution is -2.39. The number of aromatic nitrogens is 3. The van der Waals surface area contributed by atoms with Gasteiger partial charge in [0.05, 0.1) is 5.52 Å². The molecule has 3 aromatic rings. The van der Waals surface area contributed by atoms with Gasteiger partial charge in [0, 0.05) is 36.3 Å². The van der Waals surface area contributed by atoms with Crippen molar-refractivity contribution in [2.75, 3.05) is 23.3 Å². The number of anilines is 2. The highest BCUT2D eigenvalue weighted by molar-refractivity contribution is 5.80. The van der Waals surface area contributed by atoms with Crippen molar-refractivity contribution in [3.05, 3.63) is 54.0 Å². The lowest BCUT2D eigenvalue weighted by atomic mass is 10.0. The Bertz CT molecular complexity index is 864. The zero-order valence-electron chi connectivity index (χ0n) is 14.7. The van der Waals surface area contributed by atoms with Crippen molar-refractivity contribution in [2.45, 2.75) is 32.7 Å². The van der Waals surface area contributed by atoms with Crippen LogP contribution in [0.4, 0.5) is 11.6 Å². The van der Waals surface area contributed by atoms with Crippen molar-refractivity contribution in [1.82, 2.24) is 15.0 Å². The maximum absolute atomic E-state index is 4.72. The molecule has 0 aliphatic carbocycles. The Hall–Kier alpha value is -2.69. The summed E-state index contributed by atoms with van der Waals surface area (Å²) in [6.45, 7) is 5.98. The Morgan fingerprint density at radius 2 is 1.76 bits per heavy atom. The van der Waals surface area contributed by atoms with Crippen LogP contribution in [0.2, 0.25) is 0 Å². The van der Waals surface area contributed by atoms with E-state index in [1.165, 1.54) is 5.39 Å². The standard InChI is InChI=1S/C20H23N5/c1-14-13-20(22-15(2)21-14)25-11-9-17(10-12-25)23-19-8-7-16-5-3-4-6-18(16)24-19/h3-8,13,17H,9-12H2,1-2H3,(H,23,24). The summed E-state index contributed by atoms with van der Waals surface area (Å²) in [6, 6.07) is 15.0. The molecular formula is C20H23N5. The number of pyridine rings is 1. The van der Waals surface area contributed by atoms with Crippen LogP contribution < -0.4 is 10.2 Å². The van der Waals surface area contributed by atoms with E-state index < -0.39 is 0 Å². The number of rotatable bonds is 3. The summed E-state index contributed by atoms with van der Waals surface area (Å²) >= 11 is 0. The van der Waals surface area contributed by atoms with Crippen LogP contribution in [0, 0.1) is 13.8 Å². The third-order valence-electron chi connectivity index (χ3n) is 4.72. The van der Waals surface area contributed by atoms with Gasteiger partial charge >= 0.3 is 0 Å². The molecule has 0 saturated carbocycles. The molecule has 0 unspecified atom stereocenters. The van der Waals surface area contributed by atoms with Crippen molar-refractivity contribution in [3.63, 3.8) is 0 Å². The molecule has 4 rings (SSSR count). The fraction of sp³-hybridized carbons (Fsp3) is 0.350. The van der Waals surface area contributed by atoms with Crippen molar-refractivity contribution in [3.8, 4) is 0 Å². The number of nitrogens with zero attached hydrogens (tertiary/aromatic N) is 4. The Morgan fingerprint density at radius 1 is 0.960 bits per heavy atom. The minimum atomic E-state index is 0.453. The molecule has 25 heavy (non-hydrogen) atoms. The van der Waals surface area contributed by atoms with E-state index in [4.69, 9.17) is 4.98 Å². The average molecular weight is 333 g/mol. The number of benzene rings is 1. The second-order valence-corrected chi connectivity index (χ2v) is 6.71. The van der Waals surface area contributed by atoms with E-state index in [1.54, 1.807) is 0 Å². The summed E-state index contributed by atoms with van der Waals surface area (Å²) in [5, 5.41) is 4.78. The molecule has 1 aliphatic heterocycles. The summed E-state index contributed by atoms with van der Waals surface area (Å²) in [5.41, 5.74) is 2.07. The van der Waals surface area contributed by atoms with Crippen LogP contribution in [0.25, 0.3) is 10.9 Å². The van der Waals surface area contributed by atoms with E-state index in [-0.39, 0.29) is 0 Å². The molecule has 0 atom stereocenters. The monoisotopic (exact) mass is 333 g/mol. The molecule has 2 aromatic heterocycles. The Morgan fingerprint density at radius 3 is 2.56 bits per heavy atom. The number of hydrogen-bond acceptors (Lipinski definition) is 5. The molecule has 0 bridgehead atoms. The first-order valence-corrected chi connectivity index (χ1v) is 8.87. The SMILES string of the molecule is Cc1cc(N2CCC(Nc3ccc4ccccc4n3)CC2)nc(C)n1. The van der Waals surface area contributed by atoms with Crippen molar-refractivity contribution >= 4 is 22.5 Å². The molecule has 1 saturated heterocycles. The number of para-hydroxylation sites is 1. The van der Waals surface area contributed by atoms with Crippen LogP contribution in [0.1, 0.15) is 24.4 Å².